The van der Waals surface area contributed by atoms with E-state index in [1.807, 2.05) is 4.72 Å². The van der Waals surface area contributed by atoms with Crippen LogP contribution in [0.25, 0.3) is 0 Å². The molecular weight excluding hydrogens is 348 g/mol. The molecule has 0 amide bonds. The van der Waals surface area contributed by atoms with Gasteiger partial charge in [0.05, 0.1) is 11.8 Å². The van der Waals surface area contributed by atoms with E-state index in [2.05, 4.69) is 4.74 Å². The van der Waals surface area contributed by atoms with Gasteiger partial charge in [-0.3, -0.25) is 14.3 Å². The second-order valence-corrected chi connectivity index (χ2v) is 6.94. The predicted octanol–water partition coefficient (Wildman–Crippen LogP) is 1.06. The van der Waals surface area contributed by atoms with E-state index in [9.17, 15) is 26.8 Å². The van der Waals surface area contributed by atoms with Gasteiger partial charge in [0, 0.05) is 6.92 Å². The molecule has 130 valence electrons. The van der Waals surface area contributed by atoms with Crippen molar-refractivity contribution in [3.8, 4) is 0 Å². The van der Waals surface area contributed by atoms with Gasteiger partial charge in [-0.1, -0.05) is 6.07 Å². The van der Waals surface area contributed by atoms with Gasteiger partial charge < -0.3 is 9.47 Å². The number of halogens is 2. The summed E-state index contributed by atoms with van der Waals surface area (Å²) in [5, 5.41) is 0. The lowest BCUT2D eigenvalue weighted by molar-refractivity contribution is -0.142. The number of carbonyl (C=O) groups excluding carboxylic acids is 2. The smallest absolute Gasteiger partial charge is 0.308 e. The second-order valence-electron chi connectivity index (χ2n) is 5.19. The number of benzene rings is 1. The number of Topliss-reactive ketones (excluding diaryl/α,β-unsaturated/α-hetero) is 1. The zero-order valence-electron chi connectivity index (χ0n) is 12.8. The van der Waals surface area contributed by atoms with Gasteiger partial charge in [-0.25, -0.2) is 17.2 Å². The quantitative estimate of drug-likeness (QED) is 0.805. The summed E-state index contributed by atoms with van der Waals surface area (Å²) in [6.45, 7) is 2.01. The molecule has 1 aliphatic heterocycles. The summed E-state index contributed by atoms with van der Waals surface area (Å²) < 4.78 is 62.5. The summed E-state index contributed by atoms with van der Waals surface area (Å²) in [4.78, 5) is 23.7. The Bertz CT molecular complexity index is 844. The maximum atomic E-state index is 14.0. The molecule has 7 nitrogen and oxygen atoms in total. The first-order valence-electron chi connectivity index (χ1n) is 6.54. The number of hydrogen-bond donors (Lipinski definition) is 1. The number of ether oxygens (including phenoxy) is 2. The monoisotopic (exact) mass is 361 g/mol. The van der Waals surface area contributed by atoms with Crippen LogP contribution in [0.4, 0.5) is 8.78 Å². The lowest BCUT2D eigenvalue weighted by atomic mass is 9.90. The Morgan fingerprint density at radius 3 is 2.29 bits per heavy atom. The van der Waals surface area contributed by atoms with E-state index in [-0.39, 0.29) is 0 Å². The number of rotatable bonds is 4. The molecule has 24 heavy (non-hydrogen) atoms. The molecule has 0 spiro atoms. The van der Waals surface area contributed by atoms with Crippen molar-refractivity contribution in [1.82, 2.24) is 4.72 Å². The molecule has 2 rings (SSSR count). The topological polar surface area (TPSA) is 98.8 Å². The van der Waals surface area contributed by atoms with Crippen molar-refractivity contribution in [3.05, 3.63) is 47.0 Å². The maximum absolute atomic E-state index is 14.0. The Hall–Kier alpha value is -2.49. The van der Waals surface area contributed by atoms with E-state index < -0.39 is 56.2 Å². The van der Waals surface area contributed by atoms with Crippen LogP contribution in [-0.2, 0) is 34.7 Å². The molecule has 0 radical (unpaired) electrons. The minimum Gasteiger partial charge on any atom is -0.456 e. The SMILES string of the molecule is CC(=O)OC1=C(NS(C)(=O)=O)OC(C)(c2c(F)cccc2F)C1=O. The van der Waals surface area contributed by atoms with Crippen LogP contribution in [0, 0.1) is 11.6 Å². The van der Waals surface area contributed by atoms with E-state index in [0.717, 1.165) is 38.3 Å². The molecule has 0 aromatic heterocycles. The highest BCUT2D eigenvalue weighted by Gasteiger charge is 2.52. The van der Waals surface area contributed by atoms with Crippen molar-refractivity contribution in [2.75, 3.05) is 6.26 Å². The number of ketones is 1. The van der Waals surface area contributed by atoms with Gasteiger partial charge >= 0.3 is 5.97 Å². The van der Waals surface area contributed by atoms with Crippen LogP contribution in [0.3, 0.4) is 0 Å². The minimum atomic E-state index is -3.92. The third-order valence-electron chi connectivity index (χ3n) is 3.12. The van der Waals surface area contributed by atoms with Crippen molar-refractivity contribution in [2.45, 2.75) is 19.4 Å². The Balaban J connectivity index is 2.58. The van der Waals surface area contributed by atoms with E-state index >= 15 is 0 Å². The third kappa shape index (κ3) is 3.23. The van der Waals surface area contributed by atoms with Crippen LogP contribution < -0.4 is 4.72 Å². The highest BCUT2D eigenvalue weighted by Crippen LogP contribution is 2.40. The number of nitrogens with one attached hydrogen (secondary N) is 1. The Labute approximate surface area is 136 Å². The van der Waals surface area contributed by atoms with Crippen molar-refractivity contribution in [1.29, 1.82) is 0 Å². The van der Waals surface area contributed by atoms with Gasteiger partial charge in [0.15, 0.2) is 0 Å². The second kappa shape index (κ2) is 5.86. The zero-order valence-corrected chi connectivity index (χ0v) is 13.7. The fourth-order valence-corrected chi connectivity index (χ4v) is 2.68. The van der Waals surface area contributed by atoms with Crippen molar-refractivity contribution in [3.63, 3.8) is 0 Å². The van der Waals surface area contributed by atoms with Crippen LogP contribution in [-0.4, -0.2) is 26.4 Å². The number of esters is 1. The summed E-state index contributed by atoms with van der Waals surface area (Å²) in [5.74, 6) is -5.69. The van der Waals surface area contributed by atoms with Crippen molar-refractivity contribution >= 4 is 21.8 Å². The fraction of sp³-hybridized carbons (Fsp3) is 0.286. The number of sulfonamides is 1. The van der Waals surface area contributed by atoms with Crippen LogP contribution in [0.2, 0.25) is 0 Å². The normalized spacial score (nSPS) is 20.8. The average Bonchev–Trinajstić information content (AvgIpc) is 2.61. The molecule has 10 heteroatoms. The molecule has 0 saturated carbocycles. The zero-order chi connectivity index (χ0) is 18.3. The van der Waals surface area contributed by atoms with Gasteiger partial charge in [-0.05, 0) is 19.1 Å². The van der Waals surface area contributed by atoms with E-state index in [0.29, 0.717) is 0 Å². The number of carbonyl (C=O) groups is 2. The lowest BCUT2D eigenvalue weighted by Crippen LogP contribution is -2.34. The van der Waals surface area contributed by atoms with Gasteiger partial charge in [0.25, 0.3) is 5.78 Å². The summed E-state index contributed by atoms with van der Waals surface area (Å²) in [6.07, 6.45) is 0.762. The first-order valence-corrected chi connectivity index (χ1v) is 8.43. The van der Waals surface area contributed by atoms with Gasteiger partial charge in [-0.2, -0.15) is 0 Å². The van der Waals surface area contributed by atoms with Gasteiger partial charge in [0.1, 0.15) is 11.6 Å². The predicted molar refractivity (Wildman–Crippen MR) is 76.6 cm³/mol. The van der Waals surface area contributed by atoms with Crippen molar-refractivity contribution in [2.24, 2.45) is 0 Å². The summed E-state index contributed by atoms with van der Waals surface area (Å²) in [6, 6.07) is 2.91. The molecule has 1 atom stereocenters. The van der Waals surface area contributed by atoms with Crippen molar-refractivity contribution < 1.29 is 36.3 Å². The molecule has 1 aliphatic rings. The Morgan fingerprint density at radius 1 is 1.29 bits per heavy atom. The Morgan fingerprint density at radius 2 is 1.83 bits per heavy atom. The molecule has 0 saturated heterocycles. The van der Waals surface area contributed by atoms with E-state index in [1.54, 1.807) is 0 Å². The van der Waals surface area contributed by atoms with Gasteiger partial charge in [-0.15, -0.1) is 0 Å². The van der Waals surface area contributed by atoms with Crippen LogP contribution in [0.1, 0.15) is 19.4 Å². The van der Waals surface area contributed by atoms with Crippen LogP contribution in [0.5, 0.6) is 0 Å². The van der Waals surface area contributed by atoms with E-state index in [1.165, 1.54) is 0 Å². The molecule has 0 aliphatic carbocycles. The summed E-state index contributed by atoms with van der Waals surface area (Å²) >= 11 is 0. The summed E-state index contributed by atoms with van der Waals surface area (Å²) in [5.41, 5.74) is -2.97. The maximum Gasteiger partial charge on any atom is 0.308 e. The largest absolute Gasteiger partial charge is 0.456 e. The lowest BCUT2D eigenvalue weighted by Gasteiger charge is -2.24. The molecule has 1 heterocycles. The van der Waals surface area contributed by atoms with Crippen LogP contribution >= 0.6 is 0 Å². The fourth-order valence-electron chi connectivity index (χ4n) is 2.21. The highest BCUT2D eigenvalue weighted by molar-refractivity contribution is 7.88. The molecule has 1 unspecified atom stereocenters. The first-order chi connectivity index (χ1) is 11.0. The first kappa shape index (κ1) is 17.9. The molecule has 0 fully saturated rings. The number of hydrogen-bond acceptors (Lipinski definition) is 6. The minimum absolute atomic E-state index is 0.720. The standard InChI is InChI=1S/C14H13F2NO6S/c1-7(18)22-11-12(19)14(2,23-13(11)17-24(3,20)21)10-8(15)5-4-6-9(10)16/h4-6,17H,1-3H3. The van der Waals surface area contributed by atoms with E-state index in [4.69, 9.17) is 4.74 Å². The molecule has 1 aromatic rings. The Kier molecular flexibility index (Phi) is 4.36. The molecular formula is C14H13F2NO6S. The van der Waals surface area contributed by atoms with Gasteiger partial charge in [0.2, 0.25) is 27.3 Å². The molecule has 0 bridgehead atoms. The van der Waals surface area contributed by atoms with Crippen LogP contribution in [0.15, 0.2) is 29.8 Å². The molecule has 1 aromatic carbocycles. The highest BCUT2D eigenvalue weighted by atomic mass is 32.2. The third-order valence-corrected chi connectivity index (χ3v) is 3.67. The molecule has 1 N–H and O–H groups in total. The summed E-state index contributed by atoms with van der Waals surface area (Å²) in [7, 11) is -3.92. The average molecular weight is 361 g/mol.